The third kappa shape index (κ3) is 3.05. The molecule has 0 spiro atoms. The van der Waals surface area contributed by atoms with Gasteiger partial charge < -0.3 is 9.84 Å². The zero-order valence-corrected chi connectivity index (χ0v) is 9.92. The van der Waals surface area contributed by atoms with E-state index in [-0.39, 0.29) is 5.56 Å². The van der Waals surface area contributed by atoms with Gasteiger partial charge in [-0.3, -0.25) is 4.90 Å². The summed E-state index contributed by atoms with van der Waals surface area (Å²) in [6.45, 7) is 1.86. The van der Waals surface area contributed by atoms with E-state index in [1.165, 1.54) is 6.07 Å². The Morgan fingerprint density at radius 2 is 2.33 bits per heavy atom. The van der Waals surface area contributed by atoms with Crippen molar-refractivity contribution >= 4 is 0 Å². The summed E-state index contributed by atoms with van der Waals surface area (Å²) in [5.74, 6) is -0.407. The molecule has 1 heterocycles. The summed E-state index contributed by atoms with van der Waals surface area (Å²) in [6.07, 6.45) is -1.35. The van der Waals surface area contributed by atoms with Crippen molar-refractivity contribution in [3.05, 3.63) is 35.6 Å². The van der Waals surface area contributed by atoms with Crippen molar-refractivity contribution in [3.8, 4) is 6.07 Å². The smallest absolute Gasteiger partial charge is 0.156 e. The van der Waals surface area contributed by atoms with Crippen molar-refractivity contribution in [3.63, 3.8) is 0 Å². The van der Waals surface area contributed by atoms with Crippen molar-refractivity contribution in [2.75, 3.05) is 26.2 Å². The van der Waals surface area contributed by atoms with Crippen LogP contribution in [0.15, 0.2) is 24.3 Å². The van der Waals surface area contributed by atoms with Gasteiger partial charge in [0.15, 0.2) is 6.10 Å². The largest absolute Gasteiger partial charge is 0.387 e. The highest BCUT2D eigenvalue weighted by Gasteiger charge is 2.23. The van der Waals surface area contributed by atoms with Gasteiger partial charge >= 0.3 is 0 Å². The Morgan fingerprint density at radius 1 is 1.56 bits per heavy atom. The third-order valence-corrected chi connectivity index (χ3v) is 2.99. The average molecular weight is 250 g/mol. The molecule has 0 saturated carbocycles. The van der Waals surface area contributed by atoms with Gasteiger partial charge in [0, 0.05) is 25.2 Å². The van der Waals surface area contributed by atoms with Crippen molar-refractivity contribution < 1.29 is 14.2 Å². The van der Waals surface area contributed by atoms with E-state index in [9.17, 15) is 9.50 Å². The summed E-state index contributed by atoms with van der Waals surface area (Å²) in [5, 5.41) is 18.8. The molecular formula is C13H15FN2O2. The van der Waals surface area contributed by atoms with Gasteiger partial charge in [-0.2, -0.15) is 5.26 Å². The molecule has 0 aromatic heterocycles. The minimum Gasteiger partial charge on any atom is -0.387 e. The lowest BCUT2D eigenvalue weighted by molar-refractivity contribution is -0.0163. The molecule has 2 atom stereocenters. The molecular weight excluding hydrogens is 235 g/mol. The van der Waals surface area contributed by atoms with E-state index >= 15 is 0 Å². The second kappa shape index (κ2) is 5.91. The monoisotopic (exact) mass is 250 g/mol. The molecule has 1 N–H and O–H groups in total. The topological polar surface area (TPSA) is 56.5 Å². The maximum absolute atomic E-state index is 13.5. The Balaban J connectivity index is 1.97. The molecule has 1 aromatic carbocycles. The predicted molar refractivity (Wildman–Crippen MR) is 63.2 cm³/mol. The molecule has 0 radical (unpaired) electrons. The first-order valence-corrected chi connectivity index (χ1v) is 5.87. The van der Waals surface area contributed by atoms with Crippen LogP contribution >= 0.6 is 0 Å². The van der Waals surface area contributed by atoms with Crippen molar-refractivity contribution in [2.45, 2.75) is 12.2 Å². The molecule has 2 rings (SSSR count). The number of hydrogen-bond donors (Lipinski definition) is 1. The first kappa shape index (κ1) is 13.0. The van der Waals surface area contributed by atoms with Crippen LogP contribution in [-0.2, 0) is 4.74 Å². The summed E-state index contributed by atoms with van der Waals surface area (Å²) in [5.41, 5.74) is 0.289. The molecule has 96 valence electrons. The van der Waals surface area contributed by atoms with E-state index < -0.39 is 18.0 Å². The number of aliphatic hydroxyl groups excluding tert-OH is 1. The fourth-order valence-corrected chi connectivity index (χ4v) is 2.03. The van der Waals surface area contributed by atoms with E-state index in [2.05, 4.69) is 0 Å². The maximum Gasteiger partial charge on any atom is 0.156 e. The maximum atomic E-state index is 13.5. The molecule has 1 aliphatic rings. The van der Waals surface area contributed by atoms with Crippen molar-refractivity contribution in [2.24, 2.45) is 0 Å². The summed E-state index contributed by atoms with van der Waals surface area (Å²) >= 11 is 0. The average Bonchev–Trinajstić information content (AvgIpc) is 2.39. The van der Waals surface area contributed by atoms with Crippen LogP contribution in [0.3, 0.4) is 0 Å². The summed E-state index contributed by atoms with van der Waals surface area (Å²) < 4.78 is 18.7. The van der Waals surface area contributed by atoms with Gasteiger partial charge in [-0.1, -0.05) is 18.2 Å². The molecule has 1 fully saturated rings. The lowest BCUT2D eigenvalue weighted by Crippen LogP contribution is -2.43. The lowest BCUT2D eigenvalue weighted by Gasteiger charge is -2.31. The Labute approximate surface area is 105 Å². The van der Waals surface area contributed by atoms with Crippen LogP contribution in [0.1, 0.15) is 11.7 Å². The van der Waals surface area contributed by atoms with Crippen LogP contribution in [0.5, 0.6) is 0 Å². The van der Waals surface area contributed by atoms with Gasteiger partial charge in [-0.25, -0.2) is 4.39 Å². The van der Waals surface area contributed by atoms with E-state index in [0.717, 1.165) is 0 Å². The molecule has 1 aromatic rings. The van der Waals surface area contributed by atoms with Gasteiger partial charge in [-0.15, -0.1) is 0 Å². The second-order valence-corrected chi connectivity index (χ2v) is 4.29. The highest BCUT2D eigenvalue weighted by Crippen LogP contribution is 2.18. The van der Waals surface area contributed by atoms with Crippen LogP contribution in [0, 0.1) is 17.1 Å². The molecule has 1 aliphatic heterocycles. The van der Waals surface area contributed by atoms with Crippen LogP contribution in [-0.4, -0.2) is 42.4 Å². The van der Waals surface area contributed by atoms with E-state index in [1.807, 2.05) is 11.0 Å². The Hall–Kier alpha value is -1.48. The summed E-state index contributed by atoms with van der Waals surface area (Å²) in [7, 11) is 0. The Morgan fingerprint density at radius 3 is 3.06 bits per heavy atom. The van der Waals surface area contributed by atoms with E-state index in [4.69, 9.17) is 10.00 Å². The van der Waals surface area contributed by atoms with Crippen LogP contribution in [0.25, 0.3) is 0 Å². The van der Waals surface area contributed by atoms with Crippen LogP contribution in [0.4, 0.5) is 4.39 Å². The highest BCUT2D eigenvalue weighted by atomic mass is 19.1. The van der Waals surface area contributed by atoms with Gasteiger partial charge in [0.2, 0.25) is 0 Å². The number of nitriles is 1. The number of morpholine rings is 1. The summed E-state index contributed by atoms with van der Waals surface area (Å²) in [6, 6.07) is 8.22. The number of ether oxygens (including phenoxy) is 1. The standard InChI is InChI=1S/C13H15FN2O2/c14-12-4-2-1-3-11(12)13(17)9-16-5-6-18-10(7-15)8-16/h1-4,10,13,17H,5-6,8-9H2. The summed E-state index contributed by atoms with van der Waals surface area (Å²) in [4.78, 5) is 1.91. The number of nitrogens with zero attached hydrogens (tertiary/aromatic N) is 2. The molecule has 4 nitrogen and oxygen atoms in total. The Bertz CT molecular complexity index is 447. The lowest BCUT2D eigenvalue weighted by atomic mass is 10.1. The van der Waals surface area contributed by atoms with Gasteiger partial charge in [0.05, 0.1) is 18.8 Å². The molecule has 0 bridgehead atoms. The third-order valence-electron chi connectivity index (χ3n) is 2.99. The van der Waals surface area contributed by atoms with E-state index in [0.29, 0.717) is 26.2 Å². The highest BCUT2D eigenvalue weighted by molar-refractivity contribution is 5.20. The molecule has 18 heavy (non-hydrogen) atoms. The van der Waals surface area contributed by atoms with Gasteiger partial charge in [0.1, 0.15) is 5.82 Å². The number of aliphatic hydroxyl groups is 1. The zero-order valence-electron chi connectivity index (χ0n) is 9.92. The van der Waals surface area contributed by atoms with Crippen molar-refractivity contribution in [1.29, 1.82) is 5.26 Å². The van der Waals surface area contributed by atoms with Crippen molar-refractivity contribution in [1.82, 2.24) is 4.90 Å². The number of halogens is 1. The second-order valence-electron chi connectivity index (χ2n) is 4.29. The first-order valence-electron chi connectivity index (χ1n) is 5.87. The zero-order chi connectivity index (χ0) is 13.0. The number of β-amino-alcohol motifs (C(OH)–C–C–N with tert-alkyl or cyclic N) is 1. The fourth-order valence-electron chi connectivity index (χ4n) is 2.03. The number of benzene rings is 1. The normalized spacial score (nSPS) is 22.4. The predicted octanol–water partition coefficient (Wildman–Crippen LogP) is 1.08. The number of hydrogen-bond acceptors (Lipinski definition) is 4. The van der Waals surface area contributed by atoms with Gasteiger partial charge in [-0.05, 0) is 6.07 Å². The van der Waals surface area contributed by atoms with E-state index in [1.54, 1.807) is 18.2 Å². The fraction of sp³-hybridized carbons (Fsp3) is 0.462. The molecule has 2 unspecified atom stereocenters. The molecule has 0 aliphatic carbocycles. The van der Waals surface area contributed by atoms with Crippen LogP contribution < -0.4 is 0 Å². The SMILES string of the molecule is N#CC1CN(CC(O)c2ccccc2F)CCO1. The quantitative estimate of drug-likeness (QED) is 0.872. The number of rotatable bonds is 3. The molecule has 5 heteroatoms. The minimum atomic E-state index is -0.886. The first-order chi connectivity index (χ1) is 8.70. The van der Waals surface area contributed by atoms with Gasteiger partial charge in [0.25, 0.3) is 0 Å². The molecule has 0 amide bonds. The minimum absolute atomic E-state index is 0.289. The van der Waals surface area contributed by atoms with Crippen LogP contribution in [0.2, 0.25) is 0 Å². The molecule has 1 saturated heterocycles. The Kier molecular flexibility index (Phi) is 4.26.